The Morgan fingerprint density at radius 1 is 1.40 bits per heavy atom. The SMILES string of the molecule is FC(F)c1nccc2c1C[C@@H]1CC[C@H]2N1. The van der Waals surface area contributed by atoms with Crippen LogP contribution < -0.4 is 5.32 Å². The van der Waals surface area contributed by atoms with Gasteiger partial charge in [-0.2, -0.15) is 0 Å². The molecule has 2 atom stereocenters. The minimum Gasteiger partial charge on any atom is -0.307 e. The second-order valence-electron chi connectivity index (χ2n) is 4.26. The summed E-state index contributed by atoms with van der Waals surface area (Å²) in [5.41, 5.74) is 1.82. The van der Waals surface area contributed by atoms with Crippen LogP contribution in [0.3, 0.4) is 0 Å². The van der Waals surface area contributed by atoms with Crippen molar-refractivity contribution in [2.45, 2.75) is 37.8 Å². The van der Waals surface area contributed by atoms with E-state index in [1.807, 2.05) is 6.07 Å². The average molecular weight is 210 g/mol. The van der Waals surface area contributed by atoms with Crippen molar-refractivity contribution in [3.63, 3.8) is 0 Å². The molecular weight excluding hydrogens is 198 g/mol. The standard InChI is InChI=1S/C11H12F2N2/c12-11(13)10-8-5-6-1-2-9(15-6)7(8)3-4-14-10/h3-4,6,9,11,15H,1-2,5H2/t6-,9+/m0/s1. The van der Waals surface area contributed by atoms with Gasteiger partial charge in [0.05, 0.1) is 0 Å². The number of hydrogen-bond acceptors (Lipinski definition) is 2. The fourth-order valence-electron chi connectivity index (χ4n) is 2.73. The first-order chi connectivity index (χ1) is 7.25. The van der Waals surface area contributed by atoms with E-state index in [1.54, 1.807) is 0 Å². The van der Waals surface area contributed by atoms with Crippen LogP contribution in [0.25, 0.3) is 0 Å². The van der Waals surface area contributed by atoms with Crippen molar-refractivity contribution in [1.82, 2.24) is 10.3 Å². The van der Waals surface area contributed by atoms with Crippen LogP contribution in [0.2, 0.25) is 0 Å². The van der Waals surface area contributed by atoms with Gasteiger partial charge in [0.1, 0.15) is 5.69 Å². The van der Waals surface area contributed by atoms with Crippen molar-refractivity contribution in [2.24, 2.45) is 0 Å². The Hall–Kier alpha value is -1.03. The number of rotatable bonds is 1. The Morgan fingerprint density at radius 2 is 2.27 bits per heavy atom. The van der Waals surface area contributed by atoms with Crippen LogP contribution in [-0.2, 0) is 6.42 Å². The first-order valence-corrected chi connectivity index (χ1v) is 5.27. The van der Waals surface area contributed by atoms with Crippen LogP contribution >= 0.6 is 0 Å². The van der Waals surface area contributed by atoms with Gasteiger partial charge in [-0.1, -0.05) is 0 Å². The minimum atomic E-state index is -2.45. The molecular formula is C11H12F2N2. The third-order valence-corrected chi connectivity index (χ3v) is 3.40. The van der Waals surface area contributed by atoms with Gasteiger partial charge in [-0.05, 0) is 36.5 Å². The molecule has 2 bridgehead atoms. The molecule has 1 aromatic rings. The third-order valence-electron chi connectivity index (χ3n) is 3.40. The molecule has 2 aliphatic heterocycles. The Bertz CT molecular complexity index is 392. The van der Waals surface area contributed by atoms with E-state index in [-0.39, 0.29) is 11.7 Å². The highest BCUT2D eigenvalue weighted by atomic mass is 19.3. The number of alkyl halides is 2. The molecule has 0 aliphatic carbocycles. The highest BCUT2D eigenvalue weighted by Crippen LogP contribution is 2.38. The lowest BCUT2D eigenvalue weighted by molar-refractivity contribution is 0.144. The number of nitrogens with one attached hydrogen (secondary N) is 1. The molecule has 0 saturated carbocycles. The Kier molecular flexibility index (Phi) is 1.99. The van der Waals surface area contributed by atoms with E-state index < -0.39 is 6.43 Å². The molecule has 0 aromatic carbocycles. The number of halogens is 2. The molecule has 0 unspecified atom stereocenters. The van der Waals surface area contributed by atoms with Crippen molar-refractivity contribution in [1.29, 1.82) is 0 Å². The fourth-order valence-corrected chi connectivity index (χ4v) is 2.73. The average Bonchev–Trinajstić information content (AvgIpc) is 2.60. The Labute approximate surface area is 86.7 Å². The molecule has 0 spiro atoms. The number of fused-ring (bicyclic) bond motifs is 4. The maximum atomic E-state index is 12.7. The smallest absolute Gasteiger partial charge is 0.280 e. The first-order valence-electron chi connectivity index (χ1n) is 5.27. The van der Waals surface area contributed by atoms with Gasteiger partial charge in [0.15, 0.2) is 0 Å². The van der Waals surface area contributed by atoms with Crippen LogP contribution in [0.5, 0.6) is 0 Å². The number of nitrogens with zero attached hydrogens (tertiary/aromatic N) is 1. The summed E-state index contributed by atoms with van der Waals surface area (Å²) in [6.45, 7) is 0. The summed E-state index contributed by atoms with van der Waals surface area (Å²) >= 11 is 0. The summed E-state index contributed by atoms with van der Waals surface area (Å²) in [7, 11) is 0. The second-order valence-corrected chi connectivity index (χ2v) is 4.26. The summed E-state index contributed by atoms with van der Waals surface area (Å²) in [5.74, 6) is 0. The van der Waals surface area contributed by atoms with E-state index in [1.165, 1.54) is 6.20 Å². The lowest BCUT2D eigenvalue weighted by atomic mass is 9.94. The molecule has 15 heavy (non-hydrogen) atoms. The van der Waals surface area contributed by atoms with Crippen molar-refractivity contribution < 1.29 is 8.78 Å². The van der Waals surface area contributed by atoms with Gasteiger partial charge in [0.25, 0.3) is 6.43 Å². The van der Waals surface area contributed by atoms with E-state index in [9.17, 15) is 8.78 Å². The Morgan fingerprint density at radius 3 is 3.07 bits per heavy atom. The number of aromatic nitrogens is 1. The summed E-state index contributed by atoms with van der Waals surface area (Å²) in [4.78, 5) is 3.81. The zero-order chi connectivity index (χ0) is 10.4. The summed E-state index contributed by atoms with van der Waals surface area (Å²) in [6, 6.07) is 2.53. The van der Waals surface area contributed by atoms with E-state index >= 15 is 0 Å². The van der Waals surface area contributed by atoms with Gasteiger partial charge in [0.2, 0.25) is 0 Å². The van der Waals surface area contributed by atoms with E-state index in [4.69, 9.17) is 0 Å². The summed E-state index contributed by atoms with van der Waals surface area (Å²) in [6.07, 6.45) is 1.91. The first kappa shape index (κ1) is 9.21. The highest BCUT2D eigenvalue weighted by Gasteiger charge is 2.34. The van der Waals surface area contributed by atoms with Crippen molar-refractivity contribution in [3.8, 4) is 0 Å². The van der Waals surface area contributed by atoms with Gasteiger partial charge >= 0.3 is 0 Å². The van der Waals surface area contributed by atoms with Crippen LogP contribution in [0, 0.1) is 0 Å². The summed E-state index contributed by atoms with van der Waals surface area (Å²) in [5, 5.41) is 3.44. The Balaban J connectivity index is 2.12. The largest absolute Gasteiger partial charge is 0.307 e. The molecule has 2 nitrogen and oxygen atoms in total. The van der Waals surface area contributed by atoms with Gasteiger partial charge in [-0.25, -0.2) is 8.78 Å². The predicted octanol–water partition coefficient (Wildman–Crippen LogP) is 2.37. The second kappa shape index (κ2) is 3.23. The number of pyridine rings is 1. The van der Waals surface area contributed by atoms with Crippen LogP contribution in [0.15, 0.2) is 12.3 Å². The van der Waals surface area contributed by atoms with Gasteiger partial charge in [-0.3, -0.25) is 4.98 Å². The van der Waals surface area contributed by atoms with Crippen LogP contribution in [0.4, 0.5) is 8.78 Å². The van der Waals surface area contributed by atoms with Crippen molar-refractivity contribution >= 4 is 0 Å². The van der Waals surface area contributed by atoms with Gasteiger partial charge < -0.3 is 5.32 Å². The zero-order valence-corrected chi connectivity index (χ0v) is 8.21. The lowest BCUT2D eigenvalue weighted by Crippen LogP contribution is -2.32. The normalized spacial score (nSPS) is 28.2. The van der Waals surface area contributed by atoms with E-state index in [0.717, 1.165) is 24.0 Å². The van der Waals surface area contributed by atoms with Gasteiger partial charge in [0, 0.05) is 18.3 Å². The molecule has 4 heteroatoms. The quantitative estimate of drug-likeness (QED) is 0.769. The monoisotopic (exact) mass is 210 g/mol. The molecule has 80 valence electrons. The fraction of sp³-hybridized carbons (Fsp3) is 0.545. The number of hydrogen-bond donors (Lipinski definition) is 1. The van der Waals surface area contributed by atoms with Crippen LogP contribution in [-0.4, -0.2) is 11.0 Å². The van der Waals surface area contributed by atoms with Gasteiger partial charge in [-0.15, -0.1) is 0 Å². The topological polar surface area (TPSA) is 24.9 Å². The lowest BCUT2D eigenvalue weighted by Gasteiger charge is -2.25. The third kappa shape index (κ3) is 1.35. The molecule has 2 aliphatic rings. The molecule has 1 saturated heterocycles. The van der Waals surface area contributed by atoms with E-state index in [2.05, 4.69) is 10.3 Å². The molecule has 1 N–H and O–H groups in total. The van der Waals surface area contributed by atoms with Crippen LogP contribution in [0.1, 0.15) is 42.1 Å². The molecule has 0 radical (unpaired) electrons. The molecule has 1 fully saturated rings. The van der Waals surface area contributed by atoms with Crippen molar-refractivity contribution in [2.75, 3.05) is 0 Å². The minimum absolute atomic E-state index is 0.00843. The zero-order valence-electron chi connectivity index (χ0n) is 8.21. The summed E-state index contributed by atoms with van der Waals surface area (Å²) < 4.78 is 25.5. The maximum Gasteiger partial charge on any atom is 0.280 e. The molecule has 1 aromatic heterocycles. The van der Waals surface area contributed by atoms with Crippen molar-refractivity contribution in [3.05, 3.63) is 29.1 Å². The molecule has 3 heterocycles. The maximum absolute atomic E-state index is 12.7. The molecule has 3 rings (SSSR count). The van der Waals surface area contributed by atoms with E-state index in [0.29, 0.717) is 12.5 Å². The predicted molar refractivity (Wildman–Crippen MR) is 51.8 cm³/mol. The molecule has 0 amide bonds. The highest BCUT2D eigenvalue weighted by molar-refractivity contribution is 5.37.